The molecule has 0 atom stereocenters. The van der Waals surface area contributed by atoms with E-state index in [1.54, 1.807) is 6.07 Å². The number of nitrogens with zero attached hydrogens (tertiary/aromatic N) is 1. The van der Waals surface area contributed by atoms with Crippen LogP contribution >= 0.6 is 15.9 Å². The summed E-state index contributed by atoms with van der Waals surface area (Å²) in [6, 6.07) is 9.35. The predicted molar refractivity (Wildman–Crippen MR) is 85.9 cm³/mol. The van der Waals surface area contributed by atoms with Gasteiger partial charge in [0.2, 0.25) is 0 Å². The van der Waals surface area contributed by atoms with Gasteiger partial charge in [0, 0.05) is 4.47 Å². The summed E-state index contributed by atoms with van der Waals surface area (Å²) in [5.74, 6) is -0.484. The molecule has 1 heterocycles. The van der Waals surface area contributed by atoms with Crippen LogP contribution in [0.4, 0.5) is 5.69 Å². The molecular formula is C17H14BrNO2. The van der Waals surface area contributed by atoms with Crippen molar-refractivity contribution in [2.24, 2.45) is 0 Å². The Bertz CT molecular complexity index is 734. The molecule has 3 rings (SSSR count). The van der Waals surface area contributed by atoms with E-state index in [0.29, 0.717) is 16.8 Å². The molecule has 3 nitrogen and oxygen atoms in total. The molecule has 0 unspecified atom stereocenters. The Kier molecular flexibility index (Phi) is 3.21. The SMILES string of the molecule is Cc1cc(Br)cc(N2C(=O)c3c(C)ccc(C)c3C2=O)c1. The Morgan fingerprint density at radius 3 is 1.86 bits per heavy atom. The van der Waals surface area contributed by atoms with Crippen LogP contribution in [0.5, 0.6) is 0 Å². The van der Waals surface area contributed by atoms with E-state index < -0.39 is 0 Å². The monoisotopic (exact) mass is 343 g/mol. The van der Waals surface area contributed by atoms with E-state index in [-0.39, 0.29) is 11.8 Å². The van der Waals surface area contributed by atoms with Crippen LogP contribution in [0.1, 0.15) is 37.4 Å². The van der Waals surface area contributed by atoms with Crippen molar-refractivity contribution in [2.45, 2.75) is 20.8 Å². The van der Waals surface area contributed by atoms with Gasteiger partial charge in [-0.05, 0) is 55.7 Å². The first kappa shape index (κ1) is 14.0. The maximum Gasteiger partial charge on any atom is 0.266 e. The molecular weight excluding hydrogens is 330 g/mol. The Hall–Kier alpha value is -1.94. The van der Waals surface area contributed by atoms with Gasteiger partial charge in [0.1, 0.15) is 0 Å². The summed E-state index contributed by atoms with van der Waals surface area (Å²) in [5, 5.41) is 0. The lowest BCUT2D eigenvalue weighted by Gasteiger charge is -2.15. The fourth-order valence-electron chi connectivity index (χ4n) is 2.76. The zero-order valence-corrected chi connectivity index (χ0v) is 13.6. The van der Waals surface area contributed by atoms with E-state index in [1.807, 2.05) is 45.0 Å². The van der Waals surface area contributed by atoms with Crippen molar-refractivity contribution in [3.8, 4) is 0 Å². The number of benzene rings is 2. The molecule has 0 radical (unpaired) electrons. The summed E-state index contributed by atoms with van der Waals surface area (Å²) in [6.07, 6.45) is 0. The average molecular weight is 344 g/mol. The van der Waals surface area contributed by atoms with Crippen LogP contribution in [-0.4, -0.2) is 11.8 Å². The smallest absolute Gasteiger partial charge is 0.266 e. The lowest BCUT2D eigenvalue weighted by molar-refractivity contribution is 0.0926. The van der Waals surface area contributed by atoms with Crippen molar-refractivity contribution in [3.05, 3.63) is 62.6 Å². The van der Waals surface area contributed by atoms with Gasteiger partial charge in [-0.15, -0.1) is 0 Å². The zero-order chi connectivity index (χ0) is 15.3. The van der Waals surface area contributed by atoms with E-state index in [9.17, 15) is 9.59 Å². The molecule has 2 amide bonds. The molecule has 1 aliphatic rings. The summed E-state index contributed by atoms with van der Waals surface area (Å²) in [7, 11) is 0. The number of carbonyl (C=O) groups excluding carboxylic acids is 2. The van der Waals surface area contributed by atoms with Gasteiger partial charge in [0.25, 0.3) is 11.8 Å². The molecule has 0 bridgehead atoms. The number of aryl methyl sites for hydroxylation is 3. The summed E-state index contributed by atoms with van der Waals surface area (Å²) in [4.78, 5) is 26.7. The van der Waals surface area contributed by atoms with Crippen LogP contribution in [-0.2, 0) is 0 Å². The number of rotatable bonds is 1. The molecule has 106 valence electrons. The normalized spacial score (nSPS) is 13.8. The molecule has 2 aromatic rings. The largest absolute Gasteiger partial charge is 0.268 e. The highest BCUT2D eigenvalue weighted by molar-refractivity contribution is 9.10. The highest BCUT2D eigenvalue weighted by atomic mass is 79.9. The van der Waals surface area contributed by atoms with Gasteiger partial charge in [-0.2, -0.15) is 0 Å². The van der Waals surface area contributed by atoms with E-state index in [2.05, 4.69) is 15.9 Å². The summed E-state index contributed by atoms with van der Waals surface area (Å²) in [6.45, 7) is 5.65. The third-order valence-corrected chi connectivity index (χ3v) is 4.20. The minimum atomic E-state index is -0.242. The number of imide groups is 1. The highest BCUT2D eigenvalue weighted by Crippen LogP contribution is 2.33. The van der Waals surface area contributed by atoms with Crippen LogP contribution in [0.2, 0.25) is 0 Å². The number of hydrogen-bond acceptors (Lipinski definition) is 2. The second-order valence-corrected chi connectivity index (χ2v) is 6.30. The fraction of sp³-hybridized carbons (Fsp3) is 0.176. The summed E-state index contributed by atoms with van der Waals surface area (Å²) < 4.78 is 0.850. The Labute approximate surface area is 131 Å². The number of fused-ring (bicyclic) bond motifs is 1. The Morgan fingerprint density at radius 2 is 1.38 bits per heavy atom. The van der Waals surface area contributed by atoms with Gasteiger partial charge >= 0.3 is 0 Å². The van der Waals surface area contributed by atoms with Crippen molar-refractivity contribution in [1.82, 2.24) is 0 Å². The molecule has 0 saturated carbocycles. The molecule has 4 heteroatoms. The van der Waals surface area contributed by atoms with Crippen LogP contribution in [0.15, 0.2) is 34.8 Å². The molecule has 0 aliphatic carbocycles. The van der Waals surface area contributed by atoms with Gasteiger partial charge in [-0.3, -0.25) is 9.59 Å². The van der Waals surface area contributed by atoms with E-state index in [0.717, 1.165) is 21.2 Å². The second kappa shape index (κ2) is 4.81. The number of anilines is 1. The minimum absolute atomic E-state index is 0.242. The number of carbonyl (C=O) groups is 2. The van der Waals surface area contributed by atoms with Crippen LogP contribution in [0.25, 0.3) is 0 Å². The van der Waals surface area contributed by atoms with Gasteiger partial charge in [-0.1, -0.05) is 28.1 Å². The third-order valence-electron chi connectivity index (χ3n) is 3.74. The van der Waals surface area contributed by atoms with Crippen LogP contribution in [0.3, 0.4) is 0 Å². The van der Waals surface area contributed by atoms with Gasteiger partial charge in [0.05, 0.1) is 16.8 Å². The number of amides is 2. The molecule has 0 saturated heterocycles. The van der Waals surface area contributed by atoms with Crippen molar-refractivity contribution >= 4 is 33.4 Å². The maximum atomic E-state index is 12.7. The van der Waals surface area contributed by atoms with Gasteiger partial charge in [0.15, 0.2) is 0 Å². The standard InChI is InChI=1S/C17H14BrNO2/c1-9-6-12(18)8-13(7-9)19-16(20)14-10(2)4-5-11(3)15(14)17(19)21/h4-8H,1-3H3. The summed E-state index contributed by atoms with van der Waals surface area (Å²) >= 11 is 3.41. The van der Waals surface area contributed by atoms with Gasteiger partial charge < -0.3 is 0 Å². The van der Waals surface area contributed by atoms with Crippen LogP contribution in [0, 0.1) is 20.8 Å². The lowest BCUT2D eigenvalue weighted by Crippen LogP contribution is -2.29. The zero-order valence-electron chi connectivity index (χ0n) is 12.0. The molecule has 0 N–H and O–H groups in total. The predicted octanol–water partition coefficient (Wildman–Crippen LogP) is 4.17. The first-order chi connectivity index (χ1) is 9.90. The first-order valence-corrected chi connectivity index (χ1v) is 7.45. The topological polar surface area (TPSA) is 37.4 Å². The Balaban J connectivity index is 2.20. The maximum absolute atomic E-state index is 12.7. The molecule has 21 heavy (non-hydrogen) atoms. The minimum Gasteiger partial charge on any atom is -0.268 e. The van der Waals surface area contributed by atoms with Gasteiger partial charge in [-0.25, -0.2) is 4.90 Å². The van der Waals surface area contributed by atoms with Crippen molar-refractivity contribution < 1.29 is 9.59 Å². The lowest BCUT2D eigenvalue weighted by atomic mass is 9.99. The highest BCUT2D eigenvalue weighted by Gasteiger charge is 2.39. The van der Waals surface area contributed by atoms with E-state index in [4.69, 9.17) is 0 Å². The average Bonchev–Trinajstić information content (AvgIpc) is 2.66. The van der Waals surface area contributed by atoms with E-state index in [1.165, 1.54) is 4.90 Å². The molecule has 0 fully saturated rings. The molecule has 0 aromatic heterocycles. The molecule has 2 aromatic carbocycles. The van der Waals surface area contributed by atoms with Crippen molar-refractivity contribution in [2.75, 3.05) is 4.90 Å². The first-order valence-electron chi connectivity index (χ1n) is 6.66. The number of halogens is 1. The van der Waals surface area contributed by atoms with Crippen molar-refractivity contribution in [1.29, 1.82) is 0 Å². The quantitative estimate of drug-likeness (QED) is 0.728. The third kappa shape index (κ3) is 2.10. The van der Waals surface area contributed by atoms with Crippen LogP contribution < -0.4 is 4.90 Å². The van der Waals surface area contributed by atoms with E-state index >= 15 is 0 Å². The molecule has 1 aliphatic heterocycles. The molecule has 0 spiro atoms. The fourth-order valence-corrected chi connectivity index (χ4v) is 3.35. The second-order valence-electron chi connectivity index (χ2n) is 5.38. The Morgan fingerprint density at radius 1 is 0.857 bits per heavy atom. The van der Waals surface area contributed by atoms with Crippen molar-refractivity contribution in [3.63, 3.8) is 0 Å². The summed E-state index contributed by atoms with van der Waals surface area (Å²) in [5.41, 5.74) is 4.32. The number of hydrogen-bond donors (Lipinski definition) is 0.